The topological polar surface area (TPSA) is 56.5 Å². The summed E-state index contributed by atoms with van der Waals surface area (Å²) in [5.74, 6) is 7.17. The lowest BCUT2D eigenvalue weighted by Crippen LogP contribution is -2.29. The Kier molecular flexibility index (Phi) is 5.47. The maximum Gasteiger partial charge on any atom is 0.124 e. The molecule has 21 heavy (non-hydrogen) atoms. The van der Waals surface area contributed by atoms with Crippen LogP contribution in [0.5, 0.6) is 11.5 Å². The van der Waals surface area contributed by atoms with E-state index >= 15 is 0 Å². The first-order valence-electron chi connectivity index (χ1n) is 6.24. The summed E-state index contributed by atoms with van der Waals surface area (Å²) in [4.78, 5) is 0. The zero-order chi connectivity index (χ0) is 15.4. The van der Waals surface area contributed by atoms with E-state index < -0.39 is 0 Å². The van der Waals surface area contributed by atoms with Crippen LogP contribution in [0.1, 0.15) is 17.2 Å². The second-order valence-corrected chi connectivity index (χ2v) is 5.58. The molecule has 6 heteroatoms. The fourth-order valence-corrected chi connectivity index (χ4v) is 2.77. The van der Waals surface area contributed by atoms with Crippen LogP contribution in [0.4, 0.5) is 0 Å². The lowest BCUT2D eigenvalue weighted by Gasteiger charge is -2.21. The molecule has 1 atom stereocenters. The number of methoxy groups -OCH3 is 2. The second kappa shape index (κ2) is 7.13. The molecule has 0 aromatic heterocycles. The number of hydrogen-bond acceptors (Lipinski definition) is 4. The standard InChI is InChI=1S/C15H16BrClN2O2/c1-20-9-6-7-13(21-2)11(8-9)15(19-18)10-4-3-5-12(16)14(10)17/h3-8,15,19H,18H2,1-2H3. The molecule has 0 heterocycles. The fraction of sp³-hybridized carbons (Fsp3) is 0.200. The number of ether oxygens (including phenoxy) is 2. The lowest BCUT2D eigenvalue weighted by molar-refractivity contribution is 0.394. The fourth-order valence-electron chi connectivity index (χ4n) is 2.16. The highest BCUT2D eigenvalue weighted by molar-refractivity contribution is 9.10. The summed E-state index contributed by atoms with van der Waals surface area (Å²) in [6.45, 7) is 0. The number of hydrazine groups is 1. The van der Waals surface area contributed by atoms with Gasteiger partial charge in [-0.2, -0.15) is 0 Å². The molecule has 1 unspecified atom stereocenters. The summed E-state index contributed by atoms with van der Waals surface area (Å²) >= 11 is 9.79. The van der Waals surface area contributed by atoms with Crippen LogP contribution in [0.2, 0.25) is 5.02 Å². The Labute approximate surface area is 137 Å². The molecule has 0 aliphatic rings. The van der Waals surface area contributed by atoms with E-state index in [9.17, 15) is 0 Å². The van der Waals surface area contributed by atoms with Crippen LogP contribution < -0.4 is 20.7 Å². The first-order valence-corrected chi connectivity index (χ1v) is 7.41. The van der Waals surface area contributed by atoms with E-state index in [0.717, 1.165) is 21.3 Å². The average molecular weight is 372 g/mol. The minimum absolute atomic E-state index is 0.319. The zero-order valence-electron chi connectivity index (χ0n) is 11.7. The van der Waals surface area contributed by atoms with E-state index in [1.807, 2.05) is 36.4 Å². The van der Waals surface area contributed by atoms with Crippen LogP contribution in [0, 0.1) is 0 Å². The quantitative estimate of drug-likeness (QED) is 0.622. The molecule has 0 saturated heterocycles. The minimum atomic E-state index is -0.319. The third-order valence-corrected chi connectivity index (χ3v) is 4.52. The zero-order valence-corrected chi connectivity index (χ0v) is 14.0. The van der Waals surface area contributed by atoms with Crippen molar-refractivity contribution in [3.05, 3.63) is 57.0 Å². The molecule has 0 spiro atoms. The molecule has 3 N–H and O–H groups in total. The van der Waals surface area contributed by atoms with E-state index in [1.165, 1.54) is 0 Å². The molecule has 0 saturated carbocycles. The van der Waals surface area contributed by atoms with Gasteiger partial charge in [0.25, 0.3) is 0 Å². The Morgan fingerprint density at radius 2 is 1.90 bits per heavy atom. The van der Waals surface area contributed by atoms with Crippen molar-refractivity contribution >= 4 is 27.5 Å². The van der Waals surface area contributed by atoms with Gasteiger partial charge in [0.1, 0.15) is 11.5 Å². The third kappa shape index (κ3) is 3.32. The highest BCUT2D eigenvalue weighted by Crippen LogP contribution is 2.37. The lowest BCUT2D eigenvalue weighted by atomic mass is 9.98. The Morgan fingerprint density at radius 1 is 1.14 bits per heavy atom. The van der Waals surface area contributed by atoms with Gasteiger partial charge >= 0.3 is 0 Å². The molecule has 2 rings (SSSR count). The number of benzene rings is 2. The van der Waals surface area contributed by atoms with E-state index in [1.54, 1.807) is 14.2 Å². The number of hydrogen-bond donors (Lipinski definition) is 2. The molecule has 2 aromatic rings. The molecular formula is C15H16BrClN2O2. The van der Waals surface area contributed by atoms with Crippen LogP contribution >= 0.6 is 27.5 Å². The molecule has 0 radical (unpaired) electrons. The summed E-state index contributed by atoms with van der Waals surface area (Å²) in [5, 5.41) is 0.602. The summed E-state index contributed by atoms with van der Waals surface area (Å²) in [5.41, 5.74) is 4.48. The van der Waals surface area contributed by atoms with Crippen LogP contribution in [-0.2, 0) is 0 Å². The maximum atomic E-state index is 6.37. The Balaban J connectivity index is 2.57. The number of halogens is 2. The van der Waals surface area contributed by atoms with Crippen LogP contribution in [0.15, 0.2) is 40.9 Å². The number of rotatable bonds is 5. The molecule has 0 aliphatic carbocycles. The second-order valence-electron chi connectivity index (χ2n) is 4.35. The van der Waals surface area contributed by atoms with Crippen LogP contribution in [-0.4, -0.2) is 14.2 Å². The van der Waals surface area contributed by atoms with Gasteiger partial charge in [-0.3, -0.25) is 5.84 Å². The Morgan fingerprint density at radius 3 is 2.52 bits per heavy atom. The molecule has 0 fully saturated rings. The number of nitrogens with one attached hydrogen (secondary N) is 1. The molecule has 0 bridgehead atoms. The van der Waals surface area contributed by atoms with E-state index in [-0.39, 0.29) is 6.04 Å². The average Bonchev–Trinajstić information content (AvgIpc) is 2.52. The Bertz CT molecular complexity index is 637. The van der Waals surface area contributed by atoms with Gasteiger partial charge in [0, 0.05) is 10.0 Å². The third-order valence-electron chi connectivity index (χ3n) is 3.21. The van der Waals surface area contributed by atoms with Gasteiger partial charge in [-0.05, 0) is 45.8 Å². The van der Waals surface area contributed by atoms with Crippen molar-refractivity contribution in [3.8, 4) is 11.5 Å². The van der Waals surface area contributed by atoms with Gasteiger partial charge in [0.2, 0.25) is 0 Å². The molecule has 112 valence electrons. The molecule has 0 amide bonds. The van der Waals surface area contributed by atoms with Gasteiger partial charge in [-0.15, -0.1) is 0 Å². The van der Waals surface area contributed by atoms with E-state index in [0.29, 0.717) is 10.8 Å². The van der Waals surface area contributed by atoms with Gasteiger partial charge in [-0.1, -0.05) is 23.7 Å². The Hall–Kier alpha value is -1.27. The predicted molar refractivity (Wildman–Crippen MR) is 87.9 cm³/mol. The molecule has 0 aliphatic heterocycles. The van der Waals surface area contributed by atoms with Crippen molar-refractivity contribution in [2.45, 2.75) is 6.04 Å². The van der Waals surface area contributed by atoms with Crippen molar-refractivity contribution in [2.24, 2.45) is 5.84 Å². The summed E-state index contributed by atoms with van der Waals surface area (Å²) in [7, 11) is 3.23. The summed E-state index contributed by atoms with van der Waals surface area (Å²) < 4.78 is 11.5. The van der Waals surface area contributed by atoms with Crippen LogP contribution in [0.25, 0.3) is 0 Å². The van der Waals surface area contributed by atoms with Gasteiger partial charge in [0.15, 0.2) is 0 Å². The van der Waals surface area contributed by atoms with E-state index in [2.05, 4.69) is 21.4 Å². The summed E-state index contributed by atoms with van der Waals surface area (Å²) in [6.07, 6.45) is 0. The first-order chi connectivity index (χ1) is 10.1. The highest BCUT2D eigenvalue weighted by Gasteiger charge is 2.21. The van der Waals surface area contributed by atoms with Crippen LogP contribution in [0.3, 0.4) is 0 Å². The molecule has 4 nitrogen and oxygen atoms in total. The molecule has 2 aromatic carbocycles. The predicted octanol–water partition coefficient (Wildman–Crippen LogP) is 3.67. The van der Waals surface area contributed by atoms with Gasteiger partial charge in [-0.25, -0.2) is 5.43 Å². The van der Waals surface area contributed by atoms with Crippen molar-refractivity contribution in [2.75, 3.05) is 14.2 Å². The first kappa shape index (κ1) is 16.1. The normalized spacial score (nSPS) is 12.0. The van der Waals surface area contributed by atoms with Gasteiger partial charge < -0.3 is 9.47 Å². The smallest absolute Gasteiger partial charge is 0.124 e. The number of nitrogens with two attached hydrogens (primary N) is 1. The minimum Gasteiger partial charge on any atom is -0.497 e. The van der Waals surface area contributed by atoms with Gasteiger partial charge in [0.05, 0.1) is 25.3 Å². The largest absolute Gasteiger partial charge is 0.497 e. The van der Waals surface area contributed by atoms with Crippen molar-refractivity contribution in [1.29, 1.82) is 0 Å². The monoisotopic (exact) mass is 370 g/mol. The summed E-state index contributed by atoms with van der Waals surface area (Å²) in [6, 6.07) is 10.9. The van der Waals surface area contributed by atoms with Crippen molar-refractivity contribution < 1.29 is 9.47 Å². The van der Waals surface area contributed by atoms with Crippen molar-refractivity contribution in [3.63, 3.8) is 0 Å². The SMILES string of the molecule is COc1ccc(OC)c(C(NN)c2cccc(Br)c2Cl)c1. The maximum absolute atomic E-state index is 6.37. The highest BCUT2D eigenvalue weighted by atomic mass is 79.9. The van der Waals surface area contributed by atoms with Crippen molar-refractivity contribution in [1.82, 2.24) is 5.43 Å². The molecular weight excluding hydrogens is 356 g/mol. The van der Waals surface area contributed by atoms with E-state index in [4.69, 9.17) is 26.9 Å².